The maximum atomic E-state index is 13.0. The standard InChI is InChI=1S/C18H25NO13/c1-8(21)19(6-14(26)27)18(28)17(32-12(5)25)16(31-11(4)24)15(30-10(3)23)13(7-20)29-9(2)22/h13,15-17,20H,6-7H2,1-5H3,(H,26,27)/t13-,15-,16+,17-/m1/s1. The molecular formula is C18H25NO13. The molecule has 180 valence electrons. The predicted octanol–water partition coefficient (Wildman–Crippen LogP) is -1.83. The average molecular weight is 463 g/mol. The van der Waals surface area contributed by atoms with E-state index in [1.54, 1.807) is 0 Å². The molecule has 2 N–H and O–H groups in total. The van der Waals surface area contributed by atoms with E-state index in [2.05, 4.69) is 0 Å². The summed E-state index contributed by atoms with van der Waals surface area (Å²) in [6.07, 6.45) is -7.84. The van der Waals surface area contributed by atoms with Gasteiger partial charge in [0.25, 0.3) is 5.91 Å². The first-order valence-corrected chi connectivity index (χ1v) is 9.04. The zero-order chi connectivity index (χ0) is 25.2. The minimum absolute atomic E-state index is 0.192. The first-order chi connectivity index (χ1) is 14.7. The SMILES string of the molecule is CC(=O)O[C@@H]([C@H](OC(C)=O)[C@@H](OC(C)=O)C(=O)N(CC(=O)O)C(C)=O)[C@@H](CO)OC(C)=O. The third-order valence-electron chi connectivity index (χ3n) is 3.57. The third-order valence-corrected chi connectivity index (χ3v) is 3.57. The second-order valence-corrected chi connectivity index (χ2v) is 6.35. The smallest absolute Gasteiger partial charge is 0.323 e. The van der Waals surface area contributed by atoms with Gasteiger partial charge in [-0.25, -0.2) is 0 Å². The van der Waals surface area contributed by atoms with Crippen LogP contribution < -0.4 is 0 Å². The number of carbonyl (C=O) groups is 7. The van der Waals surface area contributed by atoms with Crippen molar-refractivity contribution in [2.24, 2.45) is 0 Å². The van der Waals surface area contributed by atoms with E-state index in [0.29, 0.717) is 0 Å². The second kappa shape index (κ2) is 13.0. The molecule has 0 radical (unpaired) electrons. The summed E-state index contributed by atoms with van der Waals surface area (Å²) in [5, 5.41) is 18.6. The van der Waals surface area contributed by atoms with Crippen molar-refractivity contribution in [1.29, 1.82) is 0 Å². The summed E-state index contributed by atoms with van der Waals surface area (Å²) in [5.74, 6) is -8.26. The van der Waals surface area contributed by atoms with Crippen molar-refractivity contribution in [2.45, 2.75) is 59.0 Å². The molecule has 14 nitrogen and oxygen atoms in total. The van der Waals surface area contributed by atoms with Gasteiger partial charge >= 0.3 is 29.8 Å². The monoisotopic (exact) mass is 463 g/mol. The Kier molecular flexibility index (Phi) is 11.5. The molecule has 0 aliphatic rings. The zero-order valence-corrected chi connectivity index (χ0v) is 18.1. The zero-order valence-electron chi connectivity index (χ0n) is 18.1. The number of nitrogens with zero attached hydrogens (tertiary/aromatic N) is 1. The predicted molar refractivity (Wildman–Crippen MR) is 99.3 cm³/mol. The molecule has 0 aromatic heterocycles. The number of hydrogen-bond acceptors (Lipinski definition) is 12. The van der Waals surface area contributed by atoms with Crippen molar-refractivity contribution < 1.29 is 62.7 Å². The number of rotatable bonds is 11. The minimum atomic E-state index is -2.21. The molecule has 0 aromatic carbocycles. The first-order valence-electron chi connectivity index (χ1n) is 9.04. The fraction of sp³-hybridized carbons (Fsp3) is 0.611. The quantitative estimate of drug-likeness (QED) is 0.256. The van der Waals surface area contributed by atoms with Gasteiger partial charge in [-0.2, -0.15) is 0 Å². The third kappa shape index (κ3) is 9.51. The van der Waals surface area contributed by atoms with Crippen molar-refractivity contribution in [3.63, 3.8) is 0 Å². The molecule has 32 heavy (non-hydrogen) atoms. The molecule has 0 unspecified atom stereocenters. The Hall–Kier alpha value is -3.55. The van der Waals surface area contributed by atoms with Gasteiger partial charge in [-0.15, -0.1) is 0 Å². The van der Waals surface area contributed by atoms with Gasteiger partial charge in [0.1, 0.15) is 6.54 Å². The van der Waals surface area contributed by atoms with E-state index < -0.39 is 79.2 Å². The number of aliphatic carboxylic acids is 1. The Balaban J connectivity index is 6.63. The highest BCUT2D eigenvalue weighted by atomic mass is 16.6. The summed E-state index contributed by atoms with van der Waals surface area (Å²) in [4.78, 5) is 82.5. The van der Waals surface area contributed by atoms with E-state index in [1.165, 1.54) is 0 Å². The van der Waals surface area contributed by atoms with Crippen LogP contribution in [0.15, 0.2) is 0 Å². The molecule has 0 aliphatic heterocycles. The number of carboxylic acid groups (broad SMARTS) is 1. The topological polar surface area (TPSA) is 200 Å². The van der Waals surface area contributed by atoms with Crippen LogP contribution in [0.4, 0.5) is 0 Å². The maximum absolute atomic E-state index is 13.0. The molecule has 0 spiro atoms. The van der Waals surface area contributed by atoms with Crippen LogP contribution in [0.1, 0.15) is 34.6 Å². The lowest BCUT2D eigenvalue weighted by Gasteiger charge is -2.35. The molecule has 0 saturated heterocycles. The van der Waals surface area contributed by atoms with E-state index in [0.717, 1.165) is 34.6 Å². The second-order valence-electron chi connectivity index (χ2n) is 6.35. The van der Waals surface area contributed by atoms with Crippen molar-refractivity contribution in [3.05, 3.63) is 0 Å². The number of amides is 2. The van der Waals surface area contributed by atoms with Crippen LogP contribution >= 0.6 is 0 Å². The highest BCUT2D eigenvalue weighted by molar-refractivity contribution is 6.00. The van der Waals surface area contributed by atoms with Gasteiger partial charge in [0, 0.05) is 34.6 Å². The number of aliphatic hydroxyl groups is 1. The van der Waals surface area contributed by atoms with Crippen LogP contribution in [-0.2, 0) is 52.5 Å². The van der Waals surface area contributed by atoms with Crippen LogP contribution in [-0.4, -0.2) is 94.3 Å². The maximum Gasteiger partial charge on any atom is 0.323 e. The van der Waals surface area contributed by atoms with Crippen molar-refractivity contribution in [1.82, 2.24) is 4.90 Å². The highest BCUT2D eigenvalue weighted by Crippen LogP contribution is 2.21. The Labute approximate surface area is 182 Å². The number of carboxylic acids is 1. The van der Waals surface area contributed by atoms with Gasteiger partial charge in [-0.05, 0) is 0 Å². The molecule has 0 heterocycles. The van der Waals surface area contributed by atoms with Crippen LogP contribution in [0.5, 0.6) is 0 Å². The lowest BCUT2D eigenvalue weighted by Crippen LogP contribution is -2.58. The number of aliphatic hydroxyl groups excluding tert-OH is 1. The molecule has 4 atom stereocenters. The van der Waals surface area contributed by atoms with Crippen LogP contribution in [0.25, 0.3) is 0 Å². The van der Waals surface area contributed by atoms with E-state index in [9.17, 15) is 38.7 Å². The number of esters is 4. The normalized spacial score (nSPS) is 14.1. The molecular weight excluding hydrogens is 438 g/mol. The molecule has 0 bridgehead atoms. The lowest BCUT2D eigenvalue weighted by atomic mass is 10.0. The summed E-state index contributed by atoms with van der Waals surface area (Å²) in [7, 11) is 0. The number of carbonyl (C=O) groups excluding carboxylic acids is 6. The number of hydrogen-bond donors (Lipinski definition) is 2. The molecule has 0 rings (SSSR count). The van der Waals surface area contributed by atoms with Crippen LogP contribution in [0.3, 0.4) is 0 Å². The lowest BCUT2D eigenvalue weighted by molar-refractivity contribution is -0.203. The molecule has 2 amide bonds. The van der Waals surface area contributed by atoms with Gasteiger partial charge in [-0.3, -0.25) is 38.5 Å². The number of imide groups is 1. The van der Waals surface area contributed by atoms with E-state index in [1.807, 2.05) is 0 Å². The summed E-state index contributed by atoms with van der Waals surface area (Å²) < 4.78 is 19.7. The van der Waals surface area contributed by atoms with Crippen molar-refractivity contribution in [3.8, 4) is 0 Å². The Morgan fingerprint density at radius 1 is 0.719 bits per heavy atom. The van der Waals surface area contributed by atoms with Gasteiger partial charge in [-0.1, -0.05) is 0 Å². The minimum Gasteiger partial charge on any atom is -0.480 e. The summed E-state index contributed by atoms with van der Waals surface area (Å²) in [6.45, 7) is 2.34. The van der Waals surface area contributed by atoms with Gasteiger partial charge in [0.15, 0.2) is 18.3 Å². The van der Waals surface area contributed by atoms with E-state index >= 15 is 0 Å². The molecule has 0 saturated carbocycles. The van der Waals surface area contributed by atoms with Gasteiger partial charge in [0.2, 0.25) is 12.0 Å². The molecule has 14 heteroatoms. The fourth-order valence-electron chi connectivity index (χ4n) is 2.53. The Morgan fingerprint density at radius 2 is 1.16 bits per heavy atom. The summed E-state index contributed by atoms with van der Waals surface area (Å²) in [6, 6.07) is 0. The van der Waals surface area contributed by atoms with E-state index in [-0.39, 0.29) is 4.90 Å². The first kappa shape index (κ1) is 28.5. The molecule has 0 aliphatic carbocycles. The Bertz CT molecular complexity index is 762. The van der Waals surface area contributed by atoms with Crippen molar-refractivity contribution >= 4 is 41.7 Å². The summed E-state index contributed by atoms with van der Waals surface area (Å²) >= 11 is 0. The molecule has 0 fully saturated rings. The Morgan fingerprint density at radius 3 is 1.50 bits per heavy atom. The van der Waals surface area contributed by atoms with Gasteiger partial charge < -0.3 is 29.2 Å². The van der Waals surface area contributed by atoms with E-state index in [4.69, 9.17) is 24.1 Å². The largest absolute Gasteiger partial charge is 0.480 e. The summed E-state index contributed by atoms with van der Waals surface area (Å²) in [5.41, 5.74) is 0. The van der Waals surface area contributed by atoms with Gasteiger partial charge in [0.05, 0.1) is 6.61 Å². The van der Waals surface area contributed by atoms with Crippen LogP contribution in [0, 0.1) is 0 Å². The number of ether oxygens (including phenoxy) is 4. The van der Waals surface area contributed by atoms with Crippen molar-refractivity contribution in [2.75, 3.05) is 13.2 Å². The average Bonchev–Trinajstić information content (AvgIpc) is 2.63. The fourth-order valence-corrected chi connectivity index (χ4v) is 2.53. The molecule has 0 aromatic rings. The van der Waals surface area contributed by atoms with Crippen LogP contribution in [0.2, 0.25) is 0 Å². The highest BCUT2D eigenvalue weighted by Gasteiger charge is 2.48.